The van der Waals surface area contributed by atoms with Crippen molar-refractivity contribution in [2.24, 2.45) is 11.8 Å². The van der Waals surface area contributed by atoms with Gasteiger partial charge in [0.25, 0.3) is 0 Å². The average molecular weight is 444 g/mol. The molecule has 0 spiro atoms. The van der Waals surface area contributed by atoms with Crippen molar-refractivity contribution in [3.05, 3.63) is 29.5 Å². The first kappa shape index (κ1) is 22.1. The second kappa shape index (κ2) is 8.82. The fraction of sp³-hybridized carbons (Fsp3) is 0.522. The van der Waals surface area contributed by atoms with E-state index in [-0.39, 0.29) is 36.1 Å². The first-order valence-corrected chi connectivity index (χ1v) is 10.7. The van der Waals surface area contributed by atoms with Crippen LogP contribution in [0.3, 0.4) is 0 Å². The summed E-state index contributed by atoms with van der Waals surface area (Å²) in [7, 11) is 4.33. The smallest absolute Gasteiger partial charge is 0.337 e. The molecule has 3 heterocycles. The van der Waals surface area contributed by atoms with Crippen LogP contribution in [-0.4, -0.2) is 69.1 Å². The van der Waals surface area contributed by atoms with Crippen molar-refractivity contribution in [1.29, 1.82) is 0 Å². The van der Waals surface area contributed by atoms with Crippen LogP contribution in [0, 0.1) is 11.8 Å². The molecular formula is C23H28N2O7. The number of carbonyl (C=O) groups excluding carboxylic acids is 3. The second-order valence-corrected chi connectivity index (χ2v) is 8.34. The Labute approximate surface area is 186 Å². The van der Waals surface area contributed by atoms with Gasteiger partial charge in [0.15, 0.2) is 17.3 Å². The highest BCUT2D eigenvalue weighted by atomic mass is 16.5. The Bertz CT molecular complexity index is 973. The number of benzene rings is 1. The lowest BCUT2D eigenvalue weighted by molar-refractivity contribution is -0.140. The lowest BCUT2D eigenvalue weighted by atomic mass is 9.73. The number of rotatable bonds is 3. The molecule has 0 aliphatic carbocycles. The van der Waals surface area contributed by atoms with E-state index in [9.17, 15) is 14.4 Å². The number of Topliss-reactive ketones (excluding diaryl/α,β-unsaturated/α-hetero) is 1. The molecule has 9 heteroatoms. The van der Waals surface area contributed by atoms with Crippen LogP contribution in [0.15, 0.2) is 24.0 Å². The maximum Gasteiger partial charge on any atom is 0.337 e. The molecule has 32 heavy (non-hydrogen) atoms. The van der Waals surface area contributed by atoms with E-state index in [0.29, 0.717) is 47.8 Å². The predicted octanol–water partition coefficient (Wildman–Crippen LogP) is 2.01. The summed E-state index contributed by atoms with van der Waals surface area (Å²) in [6.07, 6.45) is 2.03. The van der Waals surface area contributed by atoms with Crippen LogP contribution in [0.5, 0.6) is 11.5 Å². The van der Waals surface area contributed by atoms with Gasteiger partial charge in [-0.05, 0) is 19.4 Å². The van der Waals surface area contributed by atoms with Crippen LogP contribution in [0.4, 0.5) is 5.69 Å². The van der Waals surface area contributed by atoms with Gasteiger partial charge in [-0.3, -0.25) is 14.5 Å². The molecule has 1 aromatic carbocycles. The number of hydrogen-bond donors (Lipinski definition) is 1. The lowest BCUT2D eigenvalue weighted by Crippen LogP contribution is -2.56. The quantitative estimate of drug-likeness (QED) is 0.707. The zero-order chi connectivity index (χ0) is 23.0. The van der Waals surface area contributed by atoms with Crippen molar-refractivity contribution in [3.8, 4) is 11.5 Å². The Morgan fingerprint density at radius 1 is 1.16 bits per heavy atom. The molecule has 1 fully saturated rings. The lowest BCUT2D eigenvalue weighted by Gasteiger charge is -2.46. The molecule has 0 radical (unpaired) electrons. The molecule has 4 atom stereocenters. The number of anilines is 1. The highest BCUT2D eigenvalue weighted by Gasteiger charge is 2.47. The van der Waals surface area contributed by atoms with Gasteiger partial charge in [0, 0.05) is 43.0 Å². The minimum atomic E-state index is -0.499. The molecule has 3 aliphatic heterocycles. The topological polar surface area (TPSA) is 103 Å². The van der Waals surface area contributed by atoms with Gasteiger partial charge in [-0.2, -0.15) is 0 Å². The number of nitrogens with zero attached hydrogens (tertiary/aromatic N) is 1. The third kappa shape index (κ3) is 3.81. The average Bonchev–Trinajstić information content (AvgIpc) is 2.85. The van der Waals surface area contributed by atoms with E-state index < -0.39 is 12.0 Å². The van der Waals surface area contributed by atoms with Gasteiger partial charge in [-0.1, -0.05) is 0 Å². The fourth-order valence-corrected chi connectivity index (χ4v) is 4.94. The van der Waals surface area contributed by atoms with Crippen LogP contribution < -0.4 is 14.8 Å². The third-order valence-electron chi connectivity index (χ3n) is 6.72. The van der Waals surface area contributed by atoms with Gasteiger partial charge in [-0.25, -0.2) is 4.79 Å². The van der Waals surface area contributed by atoms with E-state index >= 15 is 0 Å². The number of hydrogen-bond acceptors (Lipinski definition) is 8. The molecule has 9 nitrogen and oxygen atoms in total. The highest BCUT2D eigenvalue weighted by molar-refractivity contribution is 6.07. The van der Waals surface area contributed by atoms with E-state index in [1.165, 1.54) is 27.6 Å². The Morgan fingerprint density at radius 3 is 2.56 bits per heavy atom. The van der Waals surface area contributed by atoms with Gasteiger partial charge < -0.3 is 24.3 Å². The first-order valence-electron chi connectivity index (χ1n) is 10.7. The van der Waals surface area contributed by atoms with Gasteiger partial charge in [0.2, 0.25) is 5.91 Å². The van der Waals surface area contributed by atoms with Gasteiger partial charge >= 0.3 is 5.97 Å². The summed E-state index contributed by atoms with van der Waals surface area (Å²) in [5.41, 5.74) is 1.23. The molecule has 1 amide bonds. The minimum Gasteiger partial charge on any atom is -0.497 e. The maximum atomic E-state index is 13.4. The SMILES string of the molecule is COC(=O)C1=COC(C)C2CN3CCC(=O)c4cc(OC)c(OC)cc4NC(=O)C3CC12. The van der Waals surface area contributed by atoms with E-state index in [0.717, 1.165) is 0 Å². The number of fused-ring (bicyclic) bond motifs is 3. The van der Waals surface area contributed by atoms with Gasteiger partial charge in [0.1, 0.15) is 0 Å². The Morgan fingerprint density at radius 2 is 1.88 bits per heavy atom. The van der Waals surface area contributed by atoms with E-state index in [4.69, 9.17) is 18.9 Å². The van der Waals surface area contributed by atoms with Crippen molar-refractivity contribution in [2.75, 3.05) is 39.7 Å². The van der Waals surface area contributed by atoms with Crippen LogP contribution in [-0.2, 0) is 19.1 Å². The molecular weight excluding hydrogens is 416 g/mol. The van der Waals surface area contributed by atoms with Crippen LogP contribution in [0.2, 0.25) is 0 Å². The van der Waals surface area contributed by atoms with Gasteiger partial charge in [0.05, 0.1) is 51.0 Å². The summed E-state index contributed by atoms with van der Waals surface area (Å²) in [6, 6.07) is 2.72. The summed E-state index contributed by atoms with van der Waals surface area (Å²) >= 11 is 0. The van der Waals surface area contributed by atoms with Crippen molar-refractivity contribution in [2.45, 2.75) is 31.9 Å². The molecule has 1 aromatic rings. The molecule has 4 unspecified atom stereocenters. The summed E-state index contributed by atoms with van der Waals surface area (Å²) in [5.74, 6) is -0.0663. The summed E-state index contributed by atoms with van der Waals surface area (Å²) in [6.45, 7) is 2.92. The Kier molecular flexibility index (Phi) is 6.10. The largest absolute Gasteiger partial charge is 0.497 e. The Balaban J connectivity index is 1.68. The molecule has 0 saturated carbocycles. The number of esters is 1. The van der Waals surface area contributed by atoms with E-state index in [1.54, 1.807) is 12.1 Å². The normalized spacial score (nSPS) is 27.7. The molecule has 1 N–H and O–H groups in total. The van der Waals surface area contributed by atoms with Crippen molar-refractivity contribution in [1.82, 2.24) is 4.90 Å². The number of ketones is 1. The van der Waals surface area contributed by atoms with Crippen molar-refractivity contribution in [3.63, 3.8) is 0 Å². The van der Waals surface area contributed by atoms with Crippen LogP contribution in [0.25, 0.3) is 0 Å². The molecule has 172 valence electrons. The first-order chi connectivity index (χ1) is 15.4. The second-order valence-electron chi connectivity index (χ2n) is 8.34. The Hall–Kier alpha value is -3.07. The fourth-order valence-electron chi connectivity index (χ4n) is 4.94. The number of carbonyl (C=O) groups is 3. The number of piperidine rings is 1. The minimum absolute atomic E-state index is 0.0107. The molecule has 0 aromatic heterocycles. The molecule has 4 rings (SSSR count). The number of methoxy groups -OCH3 is 3. The zero-order valence-corrected chi connectivity index (χ0v) is 18.7. The zero-order valence-electron chi connectivity index (χ0n) is 18.7. The van der Waals surface area contributed by atoms with Crippen molar-refractivity contribution >= 4 is 23.3 Å². The van der Waals surface area contributed by atoms with E-state index in [2.05, 4.69) is 5.32 Å². The number of amides is 1. The highest BCUT2D eigenvalue weighted by Crippen LogP contribution is 2.41. The monoisotopic (exact) mass is 444 g/mol. The summed E-state index contributed by atoms with van der Waals surface area (Å²) < 4.78 is 21.3. The maximum absolute atomic E-state index is 13.4. The van der Waals surface area contributed by atoms with Crippen LogP contribution in [0.1, 0.15) is 30.1 Å². The standard InChI is InChI=1S/C23H28N2O7/c1-12-15-10-25-6-5-19(26)14-8-20(29-2)21(30-3)9-17(14)24-22(27)18(25)7-13(15)16(11-32-12)23(28)31-4/h8-9,11-13,15,18H,5-7,10H2,1-4H3,(H,24,27). The third-order valence-corrected chi connectivity index (χ3v) is 6.72. The van der Waals surface area contributed by atoms with Gasteiger partial charge in [-0.15, -0.1) is 0 Å². The van der Waals surface area contributed by atoms with Crippen LogP contribution >= 0.6 is 0 Å². The molecule has 3 aliphatic rings. The molecule has 0 bridgehead atoms. The predicted molar refractivity (Wildman–Crippen MR) is 115 cm³/mol. The number of nitrogens with one attached hydrogen (secondary N) is 1. The van der Waals surface area contributed by atoms with Crippen molar-refractivity contribution < 1.29 is 33.3 Å². The van der Waals surface area contributed by atoms with E-state index in [1.807, 2.05) is 11.8 Å². The summed E-state index contributed by atoms with van der Waals surface area (Å²) in [5, 5.41) is 2.92. The molecule has 1 saturated heterocycles. The number of ether oxygens (including phenoxy) is 4. The summed E-state index contributed by atoms with van der Waals surface area (Å²) in [4.78, 5) is 40.7.